The summed E-state index contributed by atoms with van der Waals surface area (Å²) in [6.45, 7) is 24.7. The highest BCUT2D eigenvalue weighted by atomic mass is 31.3. The van der Waals surface area contributed by atoms with E-state index in [4.69, 9.17) is 37.3 Å². The lowest BCUT2D eigenvalue weighted by Gasteiger charge is -2.47. The number of ether oxygens (including phenoxy) is 5. The van der Waals surface area contributed by atoms with Crippen molar-refractivity contribution in [3.05, 3.63) is 128 Å². The molecule has 115 heavy (non-hydrogen) atoms. The Morgan fingerprint density at radius 3 is 1.19 bits per heavy atom. The third-order valence-electron chi connectivity index (χ3n) is 20.1. The van der Waals surface area contributed by atoms with Gasteiger partial charge in [-0.1, -0.05) is 128 Å². The first-order valence-corrected chi connectivity index (χ1v) is 44.4. The van der Waals surface area contributed by atoms with Crippen LogP contribution in [0.5, 0.6) is 0 Å². The summed E-state index contributed by atoms with van der Waals surface area (Å²) >= 11 is 0. The van der Waals surface area contributed by atoms with Gasteiger partial charge in [0.25, 0.3) is 23.5 Å². The van der Waals surface area contributed by atoms with Crippen LogP contribution in [0.25, 0.3) is 0 Å². The van der Waals surface area contributed by atoms with Crippen molar-refractivity contribution in [1.82, 2.24) is 10.6 Å². The quantitative estimate of drug-likeness (QED) is 0.0200. The maximum Gasteiger partial charge on any atom is 0.276 e. The normalized spacial score (nSPS) is 28.0. The maximum absolute atomic E-state index is 13.3. The molecule has 3 rings (SSSR count). The van der Waals surface area contributed by atoms with Crippen molar-refractivity contribution in [3.63, 3.8) is 0 Å². The van der Waals surface area contributed by atoms with Gasteiger partial charge in [-0.25, -0.2) is 4.31 Å². The van der Waals surface area contributed by atoms with Gasteiger partial charge in [-0.15, -0.1) is 0 Å². The predicted octanol–water partition coefficient (Wildman–Crippen LogP) is 8.80. The zero-order chi connectivity index (χ0) is 86.3. The Kier molecular flexibility index (Phi) is 49.6. The number of nitrogens with one attached hydrogen (secondary N) is 2. The highest BCUT2D eigenvalue weighted by molar-refractivity contribution is 7.59. The number of hydrogen-bond acceptors (Lipinski definition) is 27. The van der Waals surface area contributed by atoms with Gasteiger partial charge in [0.05, 0.1) is 33.0 Å². The van der Waals surface area contributed by atoms with Crippen LogP contribution in [0.4, 0.5) is 0 Å². The lowest BCUT2D eigenvalue weighted by molar-refractivity contribution is -0.487. The monoisotopic (exact) mass is 1690 g/mol. The Hall–Kier alpha value is -4.15. The van der Waals surface area contributed by atoms with E-state index in [0.717, 1.165) is 135 Å². The van der Waals surface area contributed by atoms with Gasteiger partial charge < -0.3 is 114 Å². The number of amides is 2. The fourth-order valence-electron chi connectivity index (χ4n) is 12.8. The highest BCUT2D eigenvalue weighted by Crippen LogP contribution is 2.57. The molecule has 0 aromatic heterocycles. The van der Waals surface area contributed by atoms with E-state index in [1.54, 1.807) is 6.92 Å². The van der Waals surface area contributed by atoms with Crippen molar-refractivity contribution in [1.29, 1.82) is 0 Å². The van der Waals surface area contributed by atoms with Gasteiger partial charge in [0.15, 0.2) is 18.9 Å². The minimum atomic E-state index is -6.00. The van der Waals surface area contributed by atoms with E-state index < -0.39 is 179 Å². The molecule has 33 heteroatoms. The molecule has 2 amide bonds. The SMILES string of the molecule is CC(=O)N[C@H]1[C@H](OC[C@H](O)[C@H](O)[C@H](O)COP(=O)([O-])OC[C@H]2O[C@@H](O[C@H]3[C@@H]([NH3+])[C@@H](C)O[C@@H](OP(=O)([O-])OP(=O)([O-])OC/C=C(/C)CC/C=C(/C)CC/C=C(/C)CC/C=C(/C)CC/C=C(/C)CC/C=C(/C)CC/C=C(/C)CC/C=C(/C)CC/C=C(\C)CC/C=C(\C)CCC=C(C)C)[C@@H]3NC(C)=O)[C@H](O)[C@@H](O)[C@@H]2O)O[C@H](CO)[C@H](O)[C@@H]1O. The average molecular weight is 1690 g/mol. The number of phosphoric acid groups is 3. The Balaban J connectivity index is 1.40. The van der Waals surface area contributed by atoms with Crippen molar-refractivity contribution in [2.45, 2.75) is 343 Å². The highest BCUT2D eigenvalue weighted by Gasteiger charge is 2.53. The molecule has 0 spiro atoms. The molecule has 3 fully saturated rings. The molecule has 3 aliphatic rings. The molecule has 3 aliphatic heterocycles. The summed E-state index contributed by atoms with van der Waals surface area (Å²) in [5, 5.41) is 99.1. The number of hydrogen-bond donors (Lipinski definition) is 12. The molecule has 0 aromatic carbocycles. The van der Waals surface area contributed by atoms with Crippen LogP contribution in [0.1, 0.15) is 232 Å². The fourth-order valence-corrected chi connectivity index (χ4v) is 15.5. The van der Waals surface area contributed by atoms with Crippen LogP contribution in [0.3, 0.4) is 0 Å². The molecule has 21 atom stereocenters. The Bertz CT molecular complexity index is 3470. The molecule has 14 N–H and O–H groups in total. The average Bonchev–Trinajstić information content (AvgIpc) is 0.799. The van der Waals surface area contributed by atoms with E-state index in [-0.39, 0.29) is 0 Å². The molecule has 3 saturated heterocycles. The first kappa shape index (κ1) is 105. The summed E-state index contributed by atoms with van der Waals surface area (Å²) in [6.07, 6.45) is 17.0. The molecule has 30 nitrogen and oxygen atoms in total. The zero-order valence-electron chi connectivity index (χ0n) is 70.3. The summed E-state index contributed by atoms with van der Waals surface area (Å²) < 4.78 is 90.8. The largest absolute Gasteiger partial charge is 0.756 e. The van der Waals surface area contributed by atoms with Gasteiger partial charge in [0.1, 0.15) is 91.4 Å². The molecule has 0 bridgehead atoms. The molecular formula is C82H138N3O27P3-2. The number of carbonyl (C=O) groups excluding carboxylic acids is 2. The fraction of sp³-hybridized carbons (Fsp3) is 0.707. The Morgan fingerprint density at radius 2 is 0.800 bits per heavy atom. The number of rotatable bonds is 53. The second kappa shape index (κ2) is 54.3. The van der Waals surface area contributed by atoms with E-state index in [0.29, 0.717) is 12.8 Å². The van der Waals surface area contributed by atoms with Crippen LogP contribution in [0, 0.1) is 0 Å². The standard InChI is InChI=1S/C82H140N3O27P3/c1-52(2)26-16-27-53(3)28-17-29-54(4)30-18-31-55(5)32-19-33-56(6)34-20-35-57(7)36-21-37-58(8)38-22-39-59(9)40-23-41-60(10)42-24-43-61(11)44-25-45-62(12)46-47-104-114(99,100)112-115(101,102)111-81-72(85-65(15)88)79(70(83)63(13)107-81)110-82-78(96)77(95)75(93)69(109-82)51-106-113(97,98)105-50-67(90)73(91)66(89)49-103-80-71(84-64(14)87)76(94)74(92)68(48-86)108-80/h26,28,30,32,34,36,38,40,42,44,46,63,66-82,86,89-96H,16-25,27,29,31,33,35,37,39,41,43,45,47-51,83H2,1-15H3,(H,84,87)(H,85,88)(H,97,98)(H,99,100)(H,101,102)/p-2/b53-28+,54-30+,55-32-,56-34-,57-36-,58-38-,59-40-,60-42-,61-44-,62-46-/t63-,66+,67-,68-,69-,70+,71-,72-,73+,74+,75-,76-,77+,78-,79+,80-,81+,82+/m1/s1. The summed E-state index contributed by atoms with van der Waals surface area (Å²) in [4.78, 5) is 63.4. The van der Waals surface area contributed by atoms with E-state index >= 15 is 0 Å². The van der Waals surface area contributed by atoms with Crippen LogP contribution in [-0.4, -0.2) is 201 Å². The minimum Gasteiger partial charge on any atom is -0.756 e. The zero-order valence-corrected chi connectivity index (χ0v) is 73.0. The molecule has 3 unspecified atom stereocenters. The number of quaternary nitrogens is 1. The molecule has 3 heterocycles. The summed E-state index contributed by atoms with van der Waals surface area (Å²) in [5.41, 5.74) is 18.8. The molecule has 0 radical (unpaired) electrons. The van der Waals surface area contributed by atoms with E-state index in [1.165, 1.54) is 68.7 Å². The summed E-state index contributed by atoms with van der Waals surface area (Å²) in [5.74, 6) is -1.55. The van der Waals surface area contributed by atoms with E-state index in [9.17, 15) is 83.9 Å². The van der Waals surface area contributed by atoms with Crippen molar-refractivity contribution in [2.24, 2.45) is 0 Å². The van der Waals surface area contributed by atoms with Crippen molar-refractivity contribution >= 4 is 35.3 Å². The van der Waals surface area contributed by atoms with Crippen LogP contribution >= 0.6 is 23.5 Å². The van der Waals surface area contributed by atoms with Gasteiger partial charge in [-0.3, -0.25) is 27.8 Å². The smallest absolute Gasteiger partial charge is 0.276 e. The second-order valence-electron chi connectivity index (χ2n) is 31.2. The van der Waals surface area contributed by atoms with Crippen molar-refractivity contribution < 1.29 is 136 Å². The molecular weight excluding hydrogens is 1550 g/mol. The predicted molar refractivity (Wildman–Crippen MR) is 432 cm³/mol. The minimum absolute atomic E-state index is 0.535. The second-order valence-corrected chi connectivity index (χ2v) is 35.5. The summed E-state index contributed by atoms with van der Waals surface area (Å²) in [7, 11) is -17.3. The molecule has 660 valence electrons. The first-order valence-electron chi connectivity index (χ1n) is 40.1. The van der Waals surface area contributed by atoms with Crippen LogP contribution in [-0.2, 0) is 69.4 Å². The number of carbonyl (C=O) groups is 2. The van der Waals surface area contributed by atoms with E-state index in [1.807, 2.05) is 6.92 Å². The molecule has 0 aliphatic carbocycles. The third-order valence-corrected chi connectivity index (χ3v) is 23.6. The number of phosphoric ester groups is 3. The summed E-state index contributed by atoms with van der Waals surface area (Å²) in [6, 6.07) is -4.33. The number of aliphatic hydroxyl groups excluding tert-OH is 9. The third kappa shape index (κ3) is 42.8. The number of allylic oxidation sites excluding steroid dienone is 21. The van der Waals surface area contributed by atoms with Crippen LogP contribution in [0.2, 0.25) is 0 Å². The Labute approximate surface area is 682 Å². The topological polar surface area (TPSA) is 481 Å². The van der Waals surface area contributed by atoms with Crippen molar-refractivity contribution in [3.8, 4) is 0 Å². The van der Waals surface area contributed by atoms with Gasteiger partial charge >= 0.3 is 0 Å². The first-order chi connectivity index (χ1) is 53.9. The van der Waals surface area contributed by atoms with Crippen LogP contribution in [0.15, 0.2) is 128 Å². The molecule has 0 saturated carbocycles. The Morgan fingerprint density at radius 1 is 0.435 bits per heavy atom. The molecule has 0 aromatic rings. The van der Waals surface area contributed by atoms with Gasteiger partial charge in [0, 0.05) is 13.8 Å². The lowest BCUT2D eigenvalue weighted by Crippen LogP contribution is -2.80. The maximum atomic E-state index is 13.3. The van der Waals surface area contributed by atoms with Gasteiger partial charge in [-0.2, -0.15) is 0 Å². The van der Waals surface area contributed by atoms with E-state index in [2.05, 4.69) is 155 Å². The van der Waals surface area contributed by atoms with Gasteiger partial charge in [-0.05, 0) is 218 Å². The van der Waals surface area contributed by atoms with Crippen LogP contribution < -0.4 is 31.0 Å². The lowest BCUT2D eigenvalue weighted by atomic mass is 9.94. The number of aliphatic hydroxyl groups is 9. The van der Waals surface area contributed by atoms with Crippen molar-refractivity contribution in [2.75, 3.05) is 33.0 Å². The van der Waals surface area contributed by atoms with Gasteiger partial charge in [0.2, 0.25) is 11.8 Å².